The maximum absolute atomic E-state index is 11.9. The summed E-state index contributed by atoms with van der Waals surface area (Å²) < 4.78 is 5.06. The Balaban J connectivity index is 0.000000201. The zero-order valence-electron chi connectivity index (χ0n) is 18.6. The quantitative estimate of drug-likeness (QED) is 0.283. The number of hydrogen-bond donors (Lipinski definition) is 3. The van der Waals surface area contributed by atoms with E-state index in [0.717, 1.165) is 28.0 Å². The molecule has 11 heteroatoms. The van der Waals surface area contributed by atoms with Crippen molar-refractivity contribution in [3.05, 3.63) is 82.7 Å². The fourth-order valence-electron chi connectivity index (χ4n) is 2.82. The number of aromatic nitrogens is 4. The molecule has 4 aromatic heterocycles. The number of amides is 2. The first-order valence-corrected chi connectivity index (χ1v) is 12.2. The first-order valence-electron chi connectivity index (χ1n) is 10.3. The van der Waals surface area contributed by atoms with Crippen LogP contribution in [0.1, 0.15) is 0 Å². The number of carbonyl (C=O) groups is 1. The molecule has 0 aliphatic carbocycles. The number of rotatable bonds is 5. The largest absolute Gasteiger partial charge is 0.497 e. The summed E-state index contributed by atoms with van der Waals surface area (Å²) in [5.74, 6) is 1.28. The second-order valence-corrected chi connectivity index (χ2v) is 8.52. The topological polar surface area (TPSA) is 128 Å². The third kappa shape index (κ3) is 6.82. The van der Waals surface area contributed by atoms with E-state index in [1.807, 2.05) is 28.3 Å². The molecular formula is C24H21N7O2S2. The van der Waals surface area contributed by atoms with E-state index in [0.29, 0.717) is 11.6 Å². The van der Waals surface area contributed by atoms with E-state index in [-0.39, 0.29) is 5.95 Å². The molecule has 0 aliphatic heterocycles. The minimum atomic E-state index is -0.404. The summed E-state index contributed by atoms with van der Waals surface area (Å²) in [6, 6.07) is 10.6. The molecule has 4 heterocycles. The van der Waals surface area contributed by atoms with Crippen molar-refractivity contribution in [2.24, 2.45) is 0 Å². The summed E-state index contributed by atoms with van der Waals surface area (Å²) in [5.41, 5.74) is 10.1. The van der Waals surface area contributed by atoms with Gasteiger partial charge in [-0.15, -0.1) is 0 Å². The maximum atomic E-state index is 11.9. The van der Waals surface area contributed by atoms with Crippen LogP contribution in [0.5, 0.6) is 5.75 Å². The molecule has 0 bridgehead atoms. The van der Waals surface area contributed by atoms with Crippen LogP contribution in [0.4, 0.5) is 22.4 Å². The fraction of sp³-hybridized carbons (Fsp3) is 0.0417. The summed E-state index contributed by atoms with van der Waals surface area (Å²) in [7, 11) is 1.59. The predicted octanol–water partition coefficient (Wildman–Crippen LogP) is 5.65. The van der Waals surface area contributed by atoms with Crippen molar-refractivity contribution in [2.75, 3.05) is 23.5 Å². The zero-order valence-corrected chi connectivity index (χ0v) is 20.2. The van der Waals surface area contributed by atoms with Crippen molar-refractivity contribution in [2.45, 2.75) is 0 Å². The first-order chi connectivity index (χ1) is 17.1. The molecule has 9 nitrogen and oxygen atoms in total. The minimum absolute atomic E-state index is 0.245. The van der Waals surface area contributed by atoms with E-state index in [9.17, 15) is 4.79 Å². The van der Waals surface area contributed by atoms with Crippen molar-refractivity contribution in [3.63, 3.8) is 0 Å². The molecule has 0 spiro atoms. The number of nitrogens with two attached hydrogens (primary N) is 1. The maximum Gasteiger partial charge on any atom is 0.326 e. The molecule has 0 aliphatic rings. The Labute approximate surface area is 209 Å². The highest BCUT2D eigenvalue weighted by Crippen LogP contribution is 2.21. The number of methoxy groups -OCH3 is 1. The van der Waals surface area contributed by atoms with Gasteiger partial charge in [-0.3, -0.25) is 5.32 Å². The van der Waals surface area contributed by atoms with Crippen LogP contribution in [-0.4, -0.2) is 33.1 Å². The van der Waals surface area contributed by atoms with E-state index < -0.39 is 6.03 Å². The van der Waals surface area contributed by atoms with Crippen molar-refractivity contribution in [1.82, 2.24) is 19.9 Å². The summed E-state index contributed by atoms with van der Waals surface area (Å²) in [6.45, 7) is 0. The number of hydrogen-bond acceptors (Lipinski definition) is 9. The molecule has 0 saturated heterocycles. The summed E-state index contributed by atoms with van der Waals surface area (Å²) in [6.07, 6.45) is 6.81. The number of nitrogen functional groups attached to an aromatic ring is 1. The van der Waals surface area contributed by atoms with Crippen LogP contribution in [-0.2, 0) is 0 Å². The highest BCUT2D eigenvalue weighted by atomic mass is 32.1. The van der Waals surface area contributed by atoms with E-state index in [1.165, 1.54) is 0 Å². The van der Waals surface area contributed by atoms with E-state index in [1.54, 1.807) is 78.8 Å². The molecule has 4 N–H and O–H groups in total. The summed E-state index contributed by atoms with van der Waals surface area (Å²) >= 11 is 3.26. The van der Waals surface area contributed by atoms with Crippen molar-refractivity contribution in [1.29, 1.82) is 0 Å². The number of nitrogens with zero attached hydrogens (tertiary/aromatic N) is 4. The molecule has 5 rings (SSSR count). The molecule has 0 fully saturated rings. The van der Waals surface area contributed by atoms with Gasteiger partial charge in [-0.05, 0) is 69.0 Å². The average Bonchev–Trinajstić information content (AvgIpc) is 3.61. The Hall–Kier alpha value is -4.35. The Morgan fingerprint density at radius 2 is 1.31 bits per heavy atom. The molecule has 35 heavy (non-hydrogen) atoms. The van der Waals surface area contributed by atoms with Crippen LogP contribution in [0, 0.1) is 0 Å². The molecule has 176 valence electrons. The van der Waals surface area contributed by atoms with Crippen LogP contribution >= 0.6 is 22.7 Å². The lowest BCUT2D eigenvalue weighted by Crippen LogP contribution is -2.20. The second kappa shape index (κ2) is 11.7. The van der Waals surface area contributed by atoms with Crippen LogP contribution < -0.4 is 21.1 Å². The summed E-state index contributed by atoms with van der Waals surface area (Å²) in [4.78, 5) is 28.0. The van der Waals surface area contributed by atoms with Gasteiger partial charge in [0.15, 0.2) is 0 Å². The SMILES string of the molecule is COc1ccc(NC(=O)Nc2ncc(-c3ccsc3)cn2)cc1.Nc1ncc(-c2ccsc2)cn1. The van der Waals surface area contributed by atoms with Gasteiger partial charge in [0.1, 0.15) is 5.75 Å². The molecular weight excluding hydrogens is 482 g/mol. The number of nitrogens with one attached hydrogen (secondary N) is 2. The Bertz CT molecular complexity index is 1320. The van der Waals surface area contributed by atoms with Gasteiger partial charge >= 0.3 is 6.03 Å². The number of thiophene rings is 2. The van der Waals surface area contributed by atoms with Gasteiger partial charge in [-0.2, -0.15) is 22.7 Å². The number of benzene rings is 1. The van der Waals surface area contributed by atoms with E-state index in [2.05, 4.69) is 35.9 Å². The highest BCUT2D eigenvalue weighted by molar-refractivity contribution is 7.08. The Kier molecular flexibility index (Phi) is 7.94. The first kappa shape index (κ1) is 23.8. The zero-order chi connectivity index (χ0) is 24.5. The molecule has 0 radical (unpaired) electrons. The van der Waals surface area contributed by atoms with Crippen LogP contribution in [0.25, 0.3) is 22.3 Å². The van der Waals surface area contributed by atoms with Crippen LogP contribution in [0.3, 0.4) is 0 Å². The molecule has 0 atom stereocenters. The smallest absolute Gasteiger partial charge is 0.326 e. The lowest BCUT2D eigenvalue weighted by Gasteiger charge is -2.07. The molecule has 0 saturated carbocycles. The molecule has 2 amide bonds. The number of anilines is 3. The fourth-order valence-corrected chi connectivity index (χ4v) is 4.15. The third-order valence-electron chi connectivity index (χ3n) is 4.61. The van der Waals surface area contributed by atoms with Gasteiger partial charge in [0.05, 0.1) is 7.11 Å². The second-order valence-electron chi connectivity index (χ2n) is 6.96. The van der Waals surface area contributed by atoms with Crippen molar-refractivity contribution in [3.8, 4) is 28.0 Å². The van der Waals surface area contributed by atoms with Gasteiger partial charge in [0, 0.05) is 41.6 Å². The van der Waals surface area contributed by atoms with Crippen LogP contribution in [0.15, 0.2) is 82.7 Å². The highest BCUT2D eigenvalue weighted by Gasteiger charge is 2.06. The lowest BCUT2D eigenvalue weighted by atomic mass is 10.2. The van der Waals surface area contributed by atoms with Crippen LogP contribution in [0.2, 0.25) is 0 Å². The summed E-state index contributed by atoms with van der Waals surface area (Å²) in [5, 5.41) is 13.4. The lowest BCUT2D eigenvalue weighted by molar-refractivity contribution is 0.262. The monoisotopic (exact) mass is 503 g/mol. The third-order valence-corrected chi connectivity index (χ3v) is 5.97. The van der Waals surface area contributed by atoms with E-state index in [4.69, 9.17) is 10.5 Å². The predicted molar refractivity (Wildman–Crippen MR) is 141 cm³/mol. The number of urea groups is 1. The van der Waals surface area contributed by atoms with Gasteiger partial charge in [-0.1, -0.05) is 0 Å². The van der Waals surface area contributed by atoms with Crippen molar-refractivity contribution < 1.29 is 9.53 Å². The van der Waals surface area contributed by atoms with Gasteiger partial charge in [0.25, 0.3) is 0 Å². The Morgan fingerprint density at radius 3 is 1.80 bits per heavy atom. The minimum Gasteiger partial charge on any atom is -0.497 e. The normalized spacial score (nSPS) is 10.1. The number of carbonyl (C=O) groups excluding carboxylic acids is 1. The van der Waals surface area contributed by atoms with Gasteiger partial charge in [-0.25, -0.2) is 24.7 Å². The van der Waals surface area contributed by atoms with E-state index >= 15 is 0 Å². The number of ether oxygens (including phenoxy) is 1. The van der Waals surface area contributed by atoms with Gasteiger partial charge in [0.2, 0.25) is 11.9 Å². The average molecular weight is 504 g/mol. The Morgan fingerprint density at radius 1 is 0.771 bits per heavy atom. The molecule has 0 unspecified atom stereocenters. The molecule has 5 aromatic rings. The standard InChI is InChI=1S/C16H14N4O2S.C8H7N3S/c1-22-14-4-2-13(3-5-14)19-16(21)20-15-17-8-12(9-18-15)11-6-7-23-10-11;9-8-10-3-7(4-11-8)6-1-2-12-5-6/h2-10H,1H3,(H2,17,18,19,20,21);1-5H,(H2,9,10,11). The van der Waals surface area contributed by atoms with Crippen molar-refractivity contribution >= 4 is 46.3 Å². The van der Waals surface area contributed by atoms with Gasteiger partial charge < -0.3 is 15.8 Å². The molecule has 1 aromatic carbocycles.